The van der Waals surface area contributed by atoms with E-state index < -0.39 is 0 Å². The molecule has 0 unspecified atom stereocenters. The number of hydrogen-bond donors (Lipinski definition) is 0. The van der Waals surface area contributed by atoms with Crippen LogP contribution in [0.4, 0.5) is 5.82 Å². The molecule has 0 spiro atoms. The molecule has 0 atom stereocenters. The number of fused-ring (bicyclic) bond motifs is 1. The molecule has 0 bridgehead atoms. The van der Waals surface area contributed by atoms with Crippen molar-refractivity contribution in [2.24, 2.45) is 5.41 Å². The summed E-state index contributed by atoms with van der Waals surface area (Å²) in [5, 5.41) is 9.15. The first-order valence-corrected chi connectivity index (χ1v) is 6.03. The van der Waals surface area contributed by atoms with E-state index in [4.69, 9.17) is 5.26 Å². The van der Waals surface area contributed by atoms with E-state index in [-0.39, 0.29) is 0 Å². The zero-order valence-corrected chi connectivity index (χ0v) is 11.0. The van der Waals surface area contributed by atoms with E-state index in [0.717, 1.165) is 30.6 Å². The van der Waals surface area contributed by atoms with Gasteiger partial charge in [-0.2, -0.15) is 5.26 Å². The maximum Gasteiger partial charge on any atom is 0.131 e. The van der Waals surface area contributed by atoms with E-state index >= 15 is 0 Å². The first-order valence-electron chi connectivity index (χ1n) is 6.03. The third-order valence-electron chi connectivity index (χ3n) is 3.53. The highest BCUT2D eigenvalue weighted by Crippen LogP contribution is 2.39. The van der Waals surface area contributed by atoms with E-state index in [1.54, 1.807) is 6.20 Å². The zero-order valence-electron chi connectivity index (χ0n) is 11.0. The molecule has 0 amide bonds. The topological polar surface area (TPSA) is 39.9 Å². The lowest BCUT2D eigenvalue weighted by Gasteiger charge is -2.33. The molecule has 1 aromatic rings. The van der Waals surface area contributed by atoms with Gasteiger partial charge >= 0.3 is 0 Å². The molecule has 0 saturated heterocycles. The van der Waals surface area contributed by atoms with Gasteiger partial charge in [-0.05, 0) is 35.8 Å². The highest BCUT2D eigenvalue weighted by atomic mass is 15.1. The van der Waals surface area contributed by atoms with E-state index in [0.29, 0.717) is 5.41 Å². The molecule has 0 N–H and O–H groups in total. The first-order chi connectivity index (χ1) is 7.94. The van der Waals surface area contributed by atoms with Crippen molar-refractivity contribution in [2.75, 3.05) is 19.0 Å². The van der Waals surface area contributed by atoms with Gasteiger partial charge in [0.25, 0.3) is 0 Å². The van der Waals surface area contributed by atoms with Gasteiger partial charge in [0.15, 0.2) is 0 Å². The molecular formula is C14H19N3. The van der Waals surface area contributed by atoms with E-state index in [1.165, 1.54) is 11.1 Å². The molecule has 3 nitrogen and oxygen atoms in total. The standard InChI is InChI=1S/C14H19N3/c1-14(2)6-5-11-10(8-15)9-16-13(17(3)4)12(11)7-14/h9H,5-7H2,1-4H3. The molecule has 1 aromatic heterocycles. The zero-order chi connectivity index (χ0) is 12.6. The fourth-order valence-electron chi connectivity index (χ4n) is 2.56. The monoisotopic (exact) mass is 229 g/mol. The number of rotatable bonds is 1. The van der Waals surface area contributed by atoms with Crippen LogP contribution in [0.2, 0.25) is 0 Å². The minimum Gasteiger partial charge on any atom is -0.363 e. The summed E-state index contributed by atoms with van der Waals surface area (Å²) < 4.78 is 0. The largest absolute Gasteiger partial charge is 0.363 e. The molecule has 0 aromatic carbocycles. The Morgan fingerprint density at radius 2 is 2.06 bits per heavy atom. The lowest BCUT2D eigenvalue weighted by atomic mass is 9.73. The number of nitrogens with zero attached hydrogens (tertiary/aromatic N) is 3. The Labute approximate surface area is 103 Å². The van der Waals surface area contributed by atoms with Crippen LogP contribution in [0.15, 0.2) is 6.20 Å². The summed E-state index contributed by atoms with van der Waals surface area (Å²) in [5.74, 6) is 1.02. The molecule has 1 heterocycles. The van der Waals surface area contributed by atoms with Gasteiger partial charge in [0.1, 0.15) is 11.9 Å². The second-order valence-electron chi connectivity index (χ2n) is 5.80. The molecule has 2 rings (SSSR count). The van der Waals surface area contributed by atoms with Crippen molar-refractivity contribution in [3.63, 3.8) is 0 Å². The van der Waals surface area contributed by atoms with Crippen LogP contribution in [0, 0.1) is 16.7 Å². The molecular weight excluding hydrogens is 210 g/mol. The molecule has 0 radical (unpaired) electrons. The fraction of sp³-hybridized carbons (Fsp3) is 0.571. The predicted molar refractivity (Wildman–Crippen MR) is 69.1 cm³/mol. The third kappa shape index (κ3) is 2.12. The van der Waals surface area contributed by atoms with Crippen molar-refractivity contribution in [1.29, 1.82) is 5.26 Å². The number of pyridine rings is 1. The second-order valence-corrected chi connectivity index (χ2v) is 5.80. The van der Waals surface area contributed by atoms with Crippen LogP contribution in [-0.2, 0) is 12.8 Å². The maximum absolute atomic E-state index is 9.15. The minimum atomic E-state index is 0.313. The van der Waals surface area contributed by atoms with Crippen LogP contribution >= 0.6 is 0 Å². The van der Waals surface area contributed by atoms with Crippen LogP contribution < -0.4 is 4.90 Å². The van der Waals surface area contributed by atoms with Gasteiger partial charge in [-0.25, -0.2) is 4.98 Å². The molecule has 0 saturated carbocycles. The summed E-state index contributed by atoms with van der Waals surface area (Å²) >= 11 is 0. The average Bonchev–Trinajstić information content (AvgIpc) is 2.25. The van der Waals surface area contributed by atoms with Crippen molar-refractivity contribution in [3.05, 3.63) is 22.9 Å². The Morgan fingerprint density at radius 1 is 1.35 bits per heavy atom. The normalized spacial score (nSPS) is 17.1. The lowest BCUT2D eigenvalue weighted by Crippen LogP contribution is -2.26. The van der Waals surface area contributed by atoms with Gasteiger partial charge in [-0.15, -0.1) is 0 Å². The number of anilines is 1. The third-order valence-corrected chi connectivity index (χ3v) is 3.53. The van der Waals surface area contributed by atoms with Crippen molar-refractivity contribution < 1.29 is 0 Å². The summed E-state index contributed by atoms with van der Waals surface area (Å²) in [5.41, 5.74) is 3.55. The van der Waals surface area contributed by atoms with Crippen LogP contribution in [0.25, 0.3) is 0 Å². The lowest BCUT2D eigenvalue weighted by molar-refractivity contribution is 0.315. The van der Waals surface area contributed by atoms with Crippen molar-refractivity contribution in [1.82, 2.24) is 4.98 Å². The van der Waals surface area contributed by atoms with Gasteiger partial charge in [0.05, 0.1) is 5.56 Å². The van der Waals surface area contributed by atoms with E-state index in [2.05, 4.69) is 24.9 Å². The van der Waals surface area contributed by atoms with Gasteiger partial charge in [0, 0.05) is 20.3 Å². The molecule has 90 valence electrons. The molecule has 0 aliphatic heterocycles. The summed E-state index contributed by atoms with van der Waals surface area (Å²) in [7, 11) is 4.02. The predicted octanol–water partition coefficient (Wildman–Crippen LogP) is 2.53. The van der Waals surface area contributed by atoms with E-state index in [1.807, 2.05) is 19.0 Å². The Kier molecular flexibility index (Phi) is 2.82. The summed E-state index contributed by atoms with van der Waals surface area (Å²) in [6, 6.07) is 2.27. The second kappa shape index (κ2) is 4.03. The Hall–Kier alpha value is -1.56. The minimum absolute atomic E-state index is 0.313. The van der Waals surface area contributed by atoms with Gasteiger partial charge in [-0.3, -0.25) is 0 Å². The fourth-order valence-corrected chi connectivity index (χ4v) is 2.56. The van der Waals surface area contributed by atoms with Crippen molar-refractivity contribution >= 4 is 5.82 Å². The highest BCUT2D eigenvalue weighted by Gasteiger charge is 2.29. The van der Waals surface area contributed by atoms with Crippen LogP contribution in [0.5, 0.6) is 0 Å². The average molecular weight is 229 g/mol. The molecule has 1 aliphatic rings. The van der Waals surface area contributed by atoms with Crippen molar-refractivity contribution in [3.8, 4) is 6.07 Å². The van der Waals surface area contributed by atoms with E-state index in [9.17, 15) is 0 Å². The van der Waals surface area contributed by atoms with Gasteiger partial charge in [-0.1, -0.05) is 13.8 Å². The molecule has 0 fully saturated rings. The Bertz CT molecular complexity index is 481. The van der Waals surface area contributed by atoms with Gasteiger partial charge in [0.2, 0.25) is 0 Å². The maximum atomic E-state index is 9.15. The SMILES string of the molecule is CN(C)c1ncc(C#N)c2c1CC(C)(C)CC2. The van der Waals surface area contributed by atoms with Gasteiger partial charge < -0.3 is 4.90 Å². The van der Waals surface area contributed by atoms with Crippen LogP contribution in [-0.4, -0.2) is 19.1 Å². The summed E-state index contributed by atoms with van der Waals surface area (Å²) in [4.78, 5) is 6.47. The van der Waals surface area contributed by atoms with Crippen LogP contribution in [0.3, 0.4) is 0 Å². The quantitative estimate of drug-likeness (QED) is 0.743. The molecule has 3 heteroatoms. The Balaban J connectivity index is 2.59. The number of aromatic nitrogens is 1. The van der Waals surface area contributed by atoms with Crippen molar-refractivity contribution in [2.45, 2.75) is 33.1 Å². The number of nitriles is 1. The smallest absolute Gasteiger partial charge is 0.131 e. The molecule has 17 heavy (non-hydrogen) atoms. The Morgan fingerprint density at radius 3 is 2.65 bits per heavy atom. The first kappa shape index (κ1) is 11.9. The summed E-state index contributed by atoms with van der Waals surface area (Å²) in [6.45, 7) is 4.57. The molecule has 1 aliphatic carbocycles. The number of hydrogen-bond acceptors (Lipinski definition) is 3. The summed E-state index contributed by atoms with van der Waals surface area (Å²) in [6.07, 6.45) is 4.87. The highest BCUT2D eigenvalue weighted by molar-refractivity contribution is 5.56. The van der Waals surface area contributed by atoms with Crippen LogP contribution in [0.1, 0.15) is 37.0 Å².